The maximum Gasteiger partial charge on any atom is -0.00136 e. The number of hydrogen-bond acceptors (Lipinski definition) is 0. The first-order valence-corrected chi connectivity index (χ1v) is 14.0. The van der Waals surface area contributed by atoms with Crippen molar-refractivity contribution < 1.29 is 0 Å². The molecule has 0 aliphatic heterocycles. The molecule has 0 heteroatoms. The van der Waals surface area contributed by atoms with Crippen molar-refractivity contribution in [3.63, 3.8) is 0 Å². The van der Waals surface area contributed by atoms with Gasteiger partial charge in [-0.25, -0.2) is 0 Å². The van der Waals surface area contributed by atoms with Crippen LogP contribution in [0.4, 0.5) is 0 Å². The summed E-state index contributed by atoms with van der Waals surface area (Å²) in [4.78, 5) is 0. The first-order valence-electron chi connectivity index (χ1n) is 14.0. The predicted molar refractivity (Wildman–Crippen MR) is 153 cm³/mol. The van der Waals surface area contributed by atoms with E-state index in [1.165, 1.54) is 86.9 Å². The van der Waals surface area contributed by atoms with Gasteiger partial charge in [0.05, 0.1) is 0 Å². The Bertz CT molecular complexity index is 1220. The summed E-state index contributed by atoms with van der Waals surface area (Å²) in [6.07, 6.45) is 18.0. The highest BCUT2D eigenvalue weighted by atomic mass is 14.3. The number of allylic oxidation sites excluding steroid dienone is 6. The minimum atomic E-state index is 0.724. The second kappa shape index (κ2) is 10.2. The Morgan fingerprint density at radius 2 is 1.66 bits per heavy atom. The van der Waals surface area contributed by atoms with Crippen molar-refractivity contribution in [1.82, 2.24) is 0 Å². The summed E-state index contributed by atoms with van der Waals surface area (Å²) in [5.74, 6) is 1.62. The third kappa shape index (κ3) is 5.04. The molecule has 0 heterocycles. The zero-order chi connectivity index (χ0) is 24.5. The standard InChI is InChI=1S/C35H42/c1-6-26-18-32-21-34(22-33(32)19-27(26)7-2)35-10-8-9-29(35)17-25(5)30-15-24(4)16-31(20-30)28-13-11-23(3)12-14-28/h9-10,15-16,18-21,23,28H,5-8,11-14,17,22H2,1-4H3. The van der Waals surface area contributed by atoms with Crippen LogP contribution in [0.2, 0.25) is 0 Å². The van der Waals surface area contributed by atoms with Crippen molar-refractivity contribution in [1.29, 1.82) is 0 Å². The van der Waals surface area contributed by atoms with E-state index >= 15 is 0 Å². The van der Waals surface area contributed by atoms with Gasteiger partial charge in [0.15, 0.2) is 0 Å². The predicted octanol–water partition coefficient (Wildman–Crippen LogP) is 9.71. The van der Waals surface area contributed by atoms with Gasteiger partial charge in [0.2, 0.25) is 0 Å². The van der Waals surface area contributed by atoms with Crippen LogP contribution >= 0.6 is 0 Å². The SMILES string of the molecule is C=C(CC1=CCC=C1C1=Cc2cc(CC)c(CC)cc2C1)c1cc(C)cc(C2CCC(C)CC2)c1. The van der Waals surface area contributed by atoms with Crippen molar-refractivity contribution >= 4 is 11.6 Å². The minimum absolute atomic E-state index is 0.724. The largest absolute Gasteiger partial charge is 0.0949 e. The lowest BCUT2D eigenvalue weighted by Crippen LogP contribution is -2.11. The van der Waals surface area contributed by atoms with Crippen molar-refractivity contribution in [3.05, 3.63) is 105 Å². The van der Waals surface area contributed by atoms with E-state index in [1.807, 2.05) is 0 Å². The molecule has 35 heavy (non-hydrogen) atoms. The molecule has 0 saturated heterocycles. The lowest BCUT2D eigenvalue weighted by atomic mass is 9.78. The molecule has 0 spiro atoms. The van der Waals surface area contributed by atoms with E-state index in [2.05, 4.69) is 82.8 Å². The number of hydrogen-bond donors (Lipinski definition) is 0. The van der Waals surface area contributed by atoms with Crippen LogP contribution in [-0.2, 0) is 19.3 Å². The molecule has 1 saturated carbocycles. The van der Waals surface area contributed by atoms with E-state index in [9.17, 15) is 0 Å². The fourth-order valence-corrected chi connectivity index (χ4v) is 6.56. The highest BCUT2D eigenvalue weighted by Crippen LogP contribution is 2.41. The van der Waals surface area contributed by atoms with Crippen LogP contribution in [-0.4, -0.2) is 0 Å². The van der Waals surface area contributed by atoms with Gasteiger partial charge in [-0.05, 0) is 119 Å². The second-order valence-corrected chi connectivity index (χ2v) is 11.3. The van der Waals surface area contributed by atoms with Gasteiger partial charge >= 0.3 is 0 Å². The third-order valence-electron chi connectivity index (χ3n) is 8.71. The van der Waals surface area contributed by atoms with Crippen LogP contribution in [0.15, 0.2) is 65.8 Å². The highest BCUT2D eigenvalue weighted by molar-refractivity contribution is 5.75. The van der Waals surface area contributed by atoms with E-state index in [0.29, 0.717) is 0 Å². The average Bonchev–Trinajstić information content (AvgIpc) is 3.49. The summed E-state index contributed by atoms with van der Waals surface area (Å²) < 4.78 is 0. The van der Waals surface area contributed by atoms with Crippen LogP contribution in [0.1, 0.15) is 104 Å². The molecular weight excluding hydrogens is 420 g/mol. The summed E-state index contributed by atoms with van der Waals surface area (Å²) >= 11 is 0. The fourth-order valence-electron chi connectivity index (χ4n) is 6.56. The summed E-state index contributed by atoms with van der Waals surface area (Å²) in [5, 5.41) is 0. The van der Waals surface area contributed by atoms with Crippen LogP contribution < -0.4 is 0 Å². The van der Waals surface area contributed by atoms with E-state index in [-0.39, 0.29) is 0 Å². The quantitative estimate of drug-likeness (QED) is 0.384. The van der Waals surface area contributed by atoms with Gasteiger partial charge in [-0.2, -0.15) is 0 Å². The molecule has 0 aromatic heterocycles. The lowest BCUT2D eigenvalue weighted by Gasteiger charge is -2.27. The van der Waals surface area contributed by atoms with E-state index in [4.69, 9.17) is 0 Å². The average molecular weight is 463 g/mol. The number of benzene rings is 2. The Kier molecular flexibility index (Phi) is 7.01. The van der Waals surface area contributed by atoms with Gasteiger partial charge < -0.3 is 0 Å². The number of rotatable bonds is 7. The van der Waals surface area contributed by atoms with E-state index in [0.717, 1.165) is 43.9 Å². The van der Waals surface area contributed by atoms with Crippen molar-refractivity contribution in [2.45, 2.75) is 91.4 Å². The van der Waals surface area contributed by atoms with Crippen LogP contribution in [0.5, 0.6) is 0 Å². The first-order chi connectivity index (χ1) is 16.9. The normalized spacial score (nSPS) is 21.4. The second-order valence-electron chi connectivity index (χ2n) is 11.3. The maximum absolute atomic E-state index is 4.59. The molecule has 3 aliphatic carbocycles. The van der Waals surface area contributed by atoms with E-state index in [1.54, 1.807) is 0 Å². The Labute approximate surface area is 213 Å². The molecule has 1 fully saturated rings. The molecule has 0 nitrogen and oxygen atoms in total. The van der Waals surface area contributed by atoms with Crippen LogP contribution in [0.25, 0.3) is 11.6 Å². The molecular formula is C35H42. The molecule has 2 aromatic rings. The van der Waals surface area contributed by atoms with Gasteiger partial charge in [-0.15, -0.1) is 0 Å². The summed E-state index contributed by atoms with van der Waals surface area (Å²) in [7, 11) is 0. The molecule has 182 valence electrons. The Morgan fingerprint density at radius 3 is 2.40 bits per heavy atom. The molecule has 5 rings (SSSR count). The monoisotopic (exact) mass is 462 g/mol. The number of aryl methyl sites for hydroxylation is 3. The van der Waals surface area contributed by atoms with Crippen molar-refractivity contribution in [3.8, 4) is 0 Å². The highest BCUT2D eigenvalue weighted by Gasteiger charge is 2.23. The lowest BCUT2D eigenvalue weighted by molar-refractivity contribution is 0.348. The zero-order valence-electron chi connectivity index (χ0n) is 22.3. The Balaban J connectivity index is 1.32. The summed E-state index contributed by atoms with van der Waals surface area (Å²) in [5.41, 5.74) is 15.9. The fraction of sp³-hybridized carbons (Fsp3) is 0.429. The maximum atomic E-state index is 4.59. The van der Waals surface area contributed by atoms with Gasteiger partial charge in [0, 0.05) is 0 Å². The molecule has 0 N–H and O–H groups in total. The Morgan fingerprint density at radius 1 is 0.914 bits per heavy atom. The Hall–Kier alpha value is -2.60. The molecule has 0 atom stereocenters. The van der Waals surface area contributed by atoms with Crippen LogP contribution in [0, 0.1) is 12.8 Å². The molecule has 0 bridgehead atoms. The molecule has 0 amide bonds. The molecule has 0 unspecified atom stereocenters. The van der Waals surface area contributed by atoms with Gasteiger partial charge in [0.1, 0.15) is 0 Å². The smallest absolute Gasteiger partial charge is 0.00136 e. The van der Waals surface area contributed by atoms with Gasteiger partial charge in [-0.1, -0.05) is 94.3 Å². The third-order valence-corrected chi connectivity index (χ3v) is 8.71. The summed E-state index contributed by atoms with van der Waals surface area (Å²) in [6, 6.07) is 12.1. The van der Waals surface area contributed by atoms with E-state index < -0.39 is 0 Å². The van der Waals surface area contributed by atoms with Crippen LogP contribution in [0.3, 0.4) is 0 Å². The molecule has 3 aliphatic rings. The minimum Gasteiger partial charge on any atom is -0.0949 e. The first kappa shape index (κ1) is 24.1. The topological polar surface area (TPSA) is 0 Å². The molecule has 0 radical (unpaired) electrons. The number of fused-ring (bicyclic) bond motifs is 1. The van der Waals surface area contributed by atoms with Gasteiger partial charge in [-0.3, -0.25) is 0 Å². The van der Waals surface area contributed by atoms with Crippen molar-refractivity contribution in [2.24, 2.45) is 5.92 Å². The van der Waals surface area contributed by atoms with Gasteiger partial charge in [0.25, 0.3) is 0 Å². The zero-order valence-corrected chi connectivity index (χ0v) is 22.3. The molecule has 2 aromatic carbocycles. The summed E-state index contributed by atoms with van der Waals surface area (Å²) in [6.45, 7) is 13.8. The van der Waals surface area contributed by atoms with Crippen molar-refractivity contribution in [2.75, 3.05) is 0 Å².